The molecule has 0 bridgehead atoms. The molecule has 0 aliphatic carbocycles. The Morgan fingerprint density at radius 2 is 2.15 bits per heavy atom. The Kier molecular flexibility index (Phi) is 6.42. The van der Waals surface area contributed by atoms with Crippen LogP contribution in [0.2, 0.25) is 0 Å². The van der Waals surface area contributed by atoms with E-state index in [1.165, 1.54) is 0 Å². The van der Waals surface area contributed by atoms with Gasteiger partial charge in [0, 0.05) is 19.2 Å². The van der Waals surface area contributed by atoms with Gasteiger partial charge in [0.2, 0.25) is 0 Å². The second-order valence-electron chi connectivity index (χ2n) is 4.53. The summed E-state index contributed by atoms with van der Waals surface area (Å²) in [6, 6.07) is 1.40. The van der Waals surface area contributed by atoms with Crippen LogP contribution in [0, 0.1) is 12.8 Å². The number of nitrogens with one attached hydrogen (secondary N) is 2. The molecule has 1 atom stereocenters. The quantitative estimate of drug-likeness (QED) is 0.693. The molecule has 0 radical (unpaired) electrons. The monoisotopic (exact) mass is 280 g/mol. The second-order valence-corrected chi connectivity index (χ2v) is 4.53. The topological polar surface area (TPSA) is 104 Å². The first-order valence-electron chi connectivity index (χ1n) is 6.53. The van der Waals surface area contributed by atoms with Crippen LogP contribution in [0.25, 0.3) is 0 Å². The molecule has 0 saturated heterocycles. The number of amides is 2. The summed E-state index contributed by atoms with van der Waals surface area (Å²) in [5.41, 5.74) is 0.727. The van der Waals surface area contributed by atoms with Crippen molar-refractivity contribution in [1.82, 2.24) is 20.6 Å². The van der Waals surface area contributed by atoms with Gasteiger partial charge in [0.1, 0.15) is 5.82 Å². The standard InChI is InChI=1S/C13H20N4O3/c1-3-10(6-12(18)19)7-15-13(20)16-8-11-4-5-14-9(2)17-11/h4-5,10H,3,6-8H2,1-2H3,(H,18,19)(H2,15,16,20). The van der Waals surface area contributed by atoms with Gasteiger partial charge in [-0.15, -0.1) is 0 Å². The molecule has 1 unspecified atom stereocenters. The summed E-state index contributed by atoms with van der Waals surface area (Å²) in [6.07, 6.45) is 2.40. The van der Waals surface area contributed by atoms with Crippen molar-refractivity contribution in [1.29, 1.82) is 0 Å². The van der Waals surface area contributed by atoms with Gasteiger partial charge in [0.25, 0.3) is 0 Å². The summed E-state index contributed by atoms with van der Waals surface area (Å²) in [6.45, 7) is 4.33. The fraction of sp³-hybridized carbons (Fsp3) is 0.538. The maximum Gasteiger partial charge on any atom is 0.315 e. The van der Waals surface area contributed by atoms with Crippen LogP contribution in [0.4, 0.5) is 4.79 Å². The van der Waals surface area contributed by atoms with Crippen LogP contribution < -0.4 is 10.6 Å². The zero-order chi connectivity index (χ0) is 15.0. The van der Waals surface area contributed by atoms with Crippen molar-refractivity contribution in [3.8, 4) is 0 Å². The summed E-state index contributed by atoms with van der Waals surface area (Å²) in [4.78, 5) is 30.3. The van der Waals surface area contributed by atoms with E-state index in [4.69, 9.17) is 5.11 Å². The minimum absolute atomic E-state index is 0.0560. The fourth-order valence-corrected chi connectivity index (χ4v) is 1.68. The van der Waals surface area contributed by atoms with Crippen molar-refractivity contribution in [3.63, 3.8) is 0 Å². The molecule has 0 aliphatic heterocycles. The van der Waals surface area contributed by atoms with E-state index >= 15 is 0 Å². The molecule has 1 aromatic heterocycles. The number of carboxylic acids is 1. The highest BCUT2D eigenvalue weighted by Crippen LogP contribution is 2.06. The van der Waals surface area contributed by atoms with E-state index in [0.717, 1.165) is 5.69 Å². The van der Waals surface area contributed by atoms with Crippen molar-refractivity contribution in [2.45, 2.75) is 33.2 Å². The number of aryl methyl sites for hydroxylation is 1. The molecule has 0 saturated carbocycles. The largest absolute Gasteiger partial charge is 0.481 e. The summed E-state index contributed by atoms with van der Waals surface area (Å²) in [5, 5.41) is 14.1. The molecule has 2 amide bonds. The van der Waals surface area contributed by atoms with Crippen LogP contribution >= 0.6 is 0 Å². The van der Waals surface area contributed by atoms with Crippen LogP contribution in [-0.2, 0) is 11.3 Å². The number of aromatic nitrogens is 2. The average molecular weight is 280 g/mol. The van der Waals surface area contributed by atoms with Crippen LogP contribution in [0.15, 0.2) is 12.3 Å². The van der Waals surface area contributed by atoms with E-state index in [9.17, 15) is 9.59 Å². The van der Waals surface area contributed by atoms with E-state index in [-0.39, 0.29) is 18.4 Å². The molecular weight excluding hydrogens is 260 g/mol. The zero-order valence-corrected chi connectivity index (χ0v) is 11.7. The van der Waals surface area contributed by atoms with Crippen LogP contribution in [-0.4, -0.2) is 33.6 Å². The van der Waals surface area contributed by atoms with Crippen molar-refractivity contribution in [2.75, 3.05) is 6.54 Å². The number of aliphatic carboxylic acids is 1. The lowest BCUT2D eigenvalue weighted by molar-refractivity contribution is -0.138. The number of hydrogen-bond acceptors (Lipinski definition) is 4. The minimum Gasteiger partial charge on any atom is -0.481 e. The van der Waals surface area contributed by atoms with E-state index in [2.05, 4.69) is 20.6 Å². The number of hydrogen-bond donors (Lipinski definition) is 3. The Balaban J connectivity index is 2.31. The number of rotatable bonds is 7. The lowest BCUT2D eigenvalue weighted by Crippen LogP contribution is -2.38. The number of nitrogens with zero attached hydrogens (tertiary/aromatic N) is 2. The molecule has 0 aliphatic rings. The summed E-state index contributed by atoms with van der Waals surface area (Å²) < 4.78 is 0. The molecule has 20 heavy (non-hydrogen) atoms. The smallest absolute Gasteiger partial charge is 0.315 e. The molecule has 0 spiro atoms. The maximum absolute atomic E-state index is 11.6. The first-order valence-corrected chi connectivity index (χ1v) is 6.53. The van der Waals surface area contributed by atoms with Gasteiger partial charge in [0.05, 0.1) is 12.2 Å². The lowest BCUT2D eigenvalue weighted by Gasteiger charge is -2.13. The van der Waals surface area contributed by atoms with Crippen molar-refractivity contribution >= 4 is 12.0 Å². The Morgan fingerprint density at radius 3 is 2.75 bits per heavy atom. The molecule has 0 aromatic carbocycles. The SMILES string of the molecule is CCC(CNC(=O)NCc1ccnc(C)n1)CC(=O)O. The summed E-state index contributed by atoms with van der Waals surface area (Å²) >= 11 is 0. The summed E-state index contributed by atoms with van der Waals surface area (Å²) in [5.74, 6) is -0.257. The van der Waals surface area contributed by atoms with Crippen molar-refractivity contribution in [2.24, 2.45) is 5.92 Å². The number of carbonyl (C=O) groups is 2. The van der Waals surface area contributed by atoms with Crippen molar-refractivity contribution in [3.05, 3.63) is 23.8 Å². The maximum atomic E-state index is 11.6. The third kappa shape index (κ3) is 6.12. The number of carboxylic acid groups (broad SMARTS) is 1. The minimum atomic E-state index is -0.851. The molecule has 1 rings (SSSR count). The third-order valence-electron chi connectivity index (χ3n) is 2.86. The van der Waals surface area contributed by atoms with E-state index < -0.39 is 5.97 Å². The number of urea groups is 1. The normalized spacial score (nSPS) is 11.7. The predicted molar refractivity (Wildman–Crippen MR) is 73.0 cm³/mol. The fourth-order valence-electron chi connectivity index (χ4n) is 1.68. The molecule has 7 heteroatoms. The van der Waals surface area contributed by atoms with Gasteiger partial charge in [-0.1, -0.05) is 13.3 Å². The Hall–Kier alpha value is -2.18. The van der Waals surface area contributed by atoms with Gasteiger partial charge in [-0.2, -0.15) is 0 Å². The Bertz CT molecular complexity index is 465. The highest BCUT2D eigenvalue weighted by atomic mass is 16.4. The molecule has 1 heterocycles. The highest BCUT2D eigenvalue weighted by Gasteiger charge is 2.12. The van der Waals surface area contributed by atoms with E-state index in [0.29, 0.717) is 25.3 Å². The Labute approximate surface area is 117 Å². The van der Waals surface area contributed by atoms with Gasteiger partial charge >= 0.3 is 12.0 Å². The van der Waals surface area contributed by atoms with Gasteiger partial charge < -0.3 is 15.7 Å². The zero-order valence-electron chi connectivity index (χ0n) is 11.7. The van der Waals surface area contributed by atoms with E-state index in [1.54, 1.807) is 19.2 Å². The van der Waals surface area contributed by atoms with Gasteiger partial charge in [-0.05, 0) is 18.9 Å². The molecule has 1 aromatic rings. The van der Waals surface area contributed by atoms with Crippen LogP contribution in [0.5, 0.6) is 0 Å². The third-order valence-corrected chi connectivity index (χ3v) is 2.86. The van der Waals surface area contributed by atoms with Crippen LogP contribution in [0.3, 0.4) is 0 Å². The lowest BCUT2D eigenvalue weighted by atomic mass is 10.0. The van der Waals surface area contributed by atoms with E-state index in [1.807, 2.05) is 6.92 Å². The van der Waals surface area contributed by atoms with Gasteiger partial charge in [-0.25, -0.2) is 14.8 Å². The first kappa shape index (κ1) is 15.9. The molecule has 3 N–H and O–H groups in total. The first-order chi connectivity index (χ1) is 9.51. The molecule has 110 valence electrons. The average Bonchev–Trinajstić information content (AvgIpc) is 2.40. The second kappa shape index (κ2) is 8.08. The molecular formula is C13H20N4O3. The van der Waals surface area contributed by atoms with Crippen molar-refractivity contribution < 1.29 is 14.7 Å². The van der Waals surface area contributed by atoms with Crippen LogP contribution in [0.1, 0.15) is 31.3 Å². The highest BCUT2D eigenvalue weighted by molar-refractivity contribution is 5.74. The molecule has 7 nitrogen and oxygen atoms in total. The molecule has 0 fully saturated rings. The summed E-state index contributed by atoms with van der Waals surface area (Å²) in [7, 11) is 0. The number of carbonyl (C=O) groups excluding carboxylic acids is 1. The van der Waals surface area contributed by atoms with Gasteiger partial charge in [-0.3, -0.25) is 4.79 Å². The Morgan fingerprint density at radius 1 is 1.40 bits per heavy atom. The van der Waals surface area contributed by atoms with Gasteiger partial charge in [0.15, 0.2) is 0 Å². The predicted octanol–water partition coefficient (Wildman–Crippen LogP) is 1.09.